The molecule has 1 saturated carbocycles. The summed E-state index contributed by atoms with van der Waals surface area (Å²) in [5.41, 5.74) is -2.11. The molecule has 0 radical (unpaired) electrons. The molecule has 0 aromatic carbocycles. The maximum atomic E-state index is 12.8. The van der Waals surface area contributed by atoms with Gasteiger partial charge in [-0.25, -0.2) is 9.78 Å². The second-order valence-electron chi connectivity index (χ2n) is 6.41. The number of imide groups is 1. The highest BCUT2D eigenvalue weighted by atomic mass is 19.4. The molecule has 2 aliphatic rings. The lowest BCUT2D eigenvalue weighted by Crippen LogP contribution is -2.69. The molecule has 10 heteroatoms. The fraction of sp³-hybridized carbons (Fsp3) is 0.500. The van der Waals surface area contributed by atoms with Crippen molar-refractivity contribution in [3.8, 4) is 0 Å². The van der Waals surface area contributed by atoms with E-state index in [9.17, 15) is 27.6 Å². The Morgan fingerprint density at radius 2 is 1.92 bits per heavy atom. The lowest BCUT2D eigenvalue weighted by Gasteiger charge is -2.46. The molecule has 1 aromatic rings. The fourth-order valence-corrected chi connectivity index (χ4v) is 3.45. The summed E-state index contributed by atoms with van der Waals surface area (Å²) in [4.78, 5) is 41.6. The number of hydrogen-bond donors (Lipinski definition) is 2. The van der Waals surface area contributed by atoms with Gasteiger partial charge in [0.1, 0.15) is 17.9 Å². The van der Waals surface area contributed by atoms with Gasteiger partial charge in [-0.05, 0) is 25.0 Å². The molecule has 2 N–H and O–H groups in total. The maximum Gasteiger partial charge on any atom is 0.416 e. The van der Waals surface area contributed by atoms with E-state index >= 15 is 0 Å². The number of carbonyl (C=O) groups is 3. The number of halogens is 3. The number of aromatic nitrogens is 1. The van der Waals surface area contributed by atoms with Crippen LogP contribution in [0.4, 0.5) is 23.8 Å². The van der Waals surface area contributed by atoms with Crippen molar-refractivity contribution in [3.63, 3.8) is 0 Å². The van der Waals surface area contributed by atoms with Crippen LogP contribution in [0.3, 0.4) is 0 Å². The van der Waals surface area contributed by atoms with E-state index < -0.39 is 35.1 Å². The fourth-order valence-electron chi connectivity index (χ4n) is 3.45. The molecule has 1 spiro atoms. The van der Waals surface area contributed by atoms with Crippen LogP contribution >= 0.6 is 0 Å². The Hall–Kier alpha value is -2.65. The molecular formula is C16H17F3N4O3. The summed E-state index contributed by atoms with van der Waals surface area (Å²) in [5, 5.41) is 4.53. The zero-order chi connectivity index (χ0) is 18.9. The van der Waals surface area contributed by atoms with Gasteiger partial charge in [-0.3, -0.25) is 20.2 Å². The summed E-state index contributed by atoms with van der Waals surface area (Å²) in [5.74, 6) is -1.46. The lowest BCUT2D eigenvalue weighted by atomic mass is 9.78. The minimum atomic E-state index is -4.58. The van der Waals surface area contributed by atoms with E-state index in [4.69, 9.17) is 0 Å². The minimum absolute atomic E-state index is 0.297. The van der Waals surface area contributed by atoms with Crippen molar-refractivity contribution in [3.05, 3.63) is 23.9 Å². The van der Waals surface area contributed by atoms with Crippen LogP contribution in [0.1, 0.15) is 37.7 Å². The molecule has 1 aliphatic heterocycles. The van der Waals surface area contributed by atoms with Gasteiger partial charge in [0.25, 0.3) is 5.91 Å². The first-order valence-electron chi connectivity index (χ1n) is 8.18. The van der Waals surface area contributed by atoms with Crippen molar-refractivity contribution >= 4 is 23.7 Å². The smallest absolute Gasteiger partial charge is 0.300 e. The topological polar surface area (TPSA) is 91.4 Å². The van der Waals surface area contributed by atoms with Crippen LogP contribution in [-0.4, -0.2) is 39.8 Å². The Bertz CT molecular complexity index is 745. The van der Waals surface area contributed by atoms with E-state index in [2.05, 4.69) is 15.6 Å². The first kappa shape index (κ1) is 18.2. The van der Waals surface area contributed by atoms with Crippen LogP contribution in [0.15, 0.2) is 18.3 Å². The number of hydrogen-bond acceptors (Lipinski definition) is 4. The molecule has 7 nitrogen and oxygen atoms in total. The number of piperazine rings is 1. The van der Waals surface area contributed by atoms with Gasteiger partial charge in [0.15, 0.2) is 0 Å². The first-order chi connectivity index (χ1) is 12.2. The Morgan fingerprint density at radius 3 is 2.58 bits per heavy atom. The Labute approximate surface area is 146 Å². The van der Waals surface area contributed by atoms with Gasteiger partial charge in [0.05, 0.1) is 5.56 Å². The number of anilines is 1. The second-order valence-corrected chi connectivity index (χ2v) is 6.41. The minimum Gasteiger partial charge on any atom is -0.300 e. The third-order valence-electron chi connectivity index (χ3n) is 4.74. The molecule has 2 heterocycles. The molecule has 0 atom stereocenters. The summed E-state index contributed by atoms with van der Waals surface area (Å²) in [6, 6.07) is 0.676. The van der Waals surface area contributed by atoms with Crippen molar-refractivity contribution in [1.82, 2.24) is 15.2 Å². The van der Waals surface area contributed by atoms with Crippen molar-refractivity contribution in [2.45, 2.75) is 43.8 Å². The van der Waals surface area contributed by atoms with Gasteiger partial charge in [-0.15, -0.1) is 0 Å². The molecule has 0 unspecified atom stereocenters. The van der Waals surface area contributed by atoms with Gasteiger partial charge < -0.3 is 4.90 Å². The van der Waals surface area contributed by atoms with E-state index in [1.807, 2.05) is 0 Å². The number of rotatable bonds is 1. The lowest BCUT2D eigenvalue weighted by molar-refractivity contribution is -0.146. The Morgan fingerprint density at radius 1 is 1.23 bits per heavy atom. The van der Waals surface area contributed by atoms with Crippen LogP contribution < -0.4 is 10.6 Å². The summed E-state index contributed by atoms with van der Waals surface area (Å²) < 4.78 is 38.4. The average Bonchev–Trinajstić information content (AvgIpc) is 2.58. The molecule has 4 amide bonds. The third-order valence-corrected chi connectivity index (χ3v) is 4.74. The number of pyridine rings is 1. The van der Waals surface area contributed by atoms with E-state index in [0.717, 1.165) is 23.6 Å². The van der Waals surface area contributed by atoms with Gasteiger partial charge in [0, 0.05) is 6.20 Å². The number of carbonyl (C=O) groups excluding carboxylic acids is 3. The summed E-state index contributed by atoms with van der Waals surface area (Å²) in [7, 11) is 0. The van der Waals surface area contributed by atoms with Crippen LogP contribution in [0.5, 0.6) is 0 Å². The van der Waals surface area contributed by atoms with E-state index in [1.54, 1.807) is 0 Å². The van der Waals surface area contributed by atoms with E-state index in [-0.39, 0.29) is 12.4 Å². The quantitative estimate of drug-likeness (QED) is 0.742. The first-order valence-corrected chi connectivity index (χ1v) is 8.18. The molecule has 1 aliphatic carbocycles. The predicted octanol–water partition coefficient (Wildman–Crippen LogP) is 2.29. The van der Waals surface area contributed by atoms with E-state index in [0.29, 0.717) is 31.7 Å². The van der Waals surface area contributed by atoms with Crippen LogP contribution in [0.2, 0.25) is 0 Å². The zero-order valence-electron chi connectivity index (χ0n) is 13.7. The average molecular weight is 370 g/mol. The molecule has 140 valence electrons. The van der Waals surface area contributed by atoms with Crippen LogP contribution in [0, 0.1) is 0 Å². The van der Waals surface area contributed by atoms with Crippen molar-refractivity contribution < 1.29 is 27.6 Å². The normalized spacial score (nSPS) is 20.0. The van der Waals surface area contributed by atoms with Crippen molar-refractivity contribution in [2.75, 3.05) is 11.9 Å². The largest absolute Gasteiger partial charge is 0.416 e. The summed E-state index contributed by atoms with van der Waals surface area (Å²) in [6.07, 6.45) is -0.504. The molecule has 1 aromatic heterocycles. The monoisotopic (exact) mass is 370 g/mol. The van der Waals surface area contributed by atoms with Gasteiger partial charge in [-0.2, -0.15) is 13.2 Å². The van der Waals surface area contributed by atoms with Crippen LogP contribution in [-0.2, 0) is 15.8 Å². The molecule has 26 heavy (non-hydrogen) atoms. The number of alkyl halides is 3. The van der Waals surface area contributed by atoms with Crippen LogP contribution in [0.25, 0.3) is 0 Å². The van der Waals surface area contributed by atoms with E-state index in [1.165, 1.54) is 0 Å². The molecule has 0 bridgehead atoms. The van der Waals surface area contributed by atoms with Gasteiger partial charge in [0.2, 0.25) is 5.91 Å². The molecule has 3 rings (SSSR count). The zero-order valence-corrected chi connectivity index (χ0v) is 13.7. The van der Waals surface area contributed by atoms with Crippen molar-refractivity contribution in [2.24, 2.45) is 0 Å². The Kier molecular flexibility index (Phi) is 4.59. The molecule has 1 saturated heterocycles. The SMILES string of the molecule is O=C1CN(C(=O)Nc2cc(C(F)(F)F)ccn2)C2(CCCCC2)C(=O)N1. The maximum absolute atomic E-state index is 12.8. The summed E-state index contributed by atoms with van der Waals surface area (Å²) in [6.45, 7) is -0.337. The van der Waals surface area contributed by atoms with Crippen molar-refractivity contribution in [1.29, 1.82) is 0 Å². The van der Waals surface area contributed by atoms with Gasteiger partial charge in [-0.1, -0.05) is 19.3 Å². The highest BCUT2D eigenvalue weighted by molar-refractivity contribution is 6.07. The standard InChI is InChI=1S/C16H17F3N4O3/c17-16(18,19)10-4-7-20-11(8-10)21-14(26)23-9-12(24)22-13(25)15(23)5-2-1-3-6-15/h4,7-8H,1-3,5-6,9H2,(H,20,21,26)(H,22,24,25). The predicted molar refractivity (Wildman–Crippen MR) is 83.9 cm³/mol. The number of nitrogens with one attached hydrogen (secondary N) is 2. The number of urea groups is 1. The molecule has 2 fully saturated rings. The van der Waals surface area contributed by atoms with Gasteiger partial charge >= 0.3 is 12.2 Å². The number of amides is 4. The number of nitrogens with zero attached hydrogens (tertiary/aromatic N) is 2. The highest BCUT2D eigenvalue weighted by Crippen LogP contribution is 2.36. The second kappa shape index (κ2) is 6.58. The Balaban J connectivity index is 1.85. The highest BCUT2D eigenvalue weighted by Gasteiger charge is 2.51. The third kappa shape index (κ3) is 3.35. The summed E-state index contributed by atoms with van der Waals surface area (Å²) >= 11 is 0. The molecular weight excluding hydrogens is 353 g/mol.